The van der Waals surface area contributed by atoms with Gasteiger partial charge in [-0.2, -0.15) is 5.10 Å². The van der Waals surface area contributed by atoms with Gasteiger partial charge in [0.05, 0.1) is 0 Å². The summed E-state index contributed by atoms with van der Waals surface area (Å²) < 4.78 is 13.7. The van der Waals surface area contributed by atoms with Gasteiger partial charge in [0.1, 0.15) is 11.6 Å². The Labute approximate surface area is 121 Å². The average Bonchev–Trinajstić information content (AvgIpc) is 2.93. The van der Waals surface area contributed by atoms with Gasteiger partial charge in [0, 0.05) is 29.5 Å². The van der Waals surface area contributed by atoms with Crippen molar-refractivity contribution in [3.63, 3.8) is 0 Å². The van der Waals surface area contributed by atoms with Gasteiger partial charge in [-0.05, 0) is 31.5 Å². The molecule has 1 aliphatic heterocycles. The number of H-pyrrole nitrogens is 1. The fourth-order valence-electron chi connectivity index (χ4n) is 2.51. The van der Waals surface area contributed by atoms with Gasteiger partial charge in [-0.3, -0.25) is 5.10 Å². The van der Waals surface area contributed by atoms with E-state index in [1.807, 2.05) is 0 Å². The third-order valence-electron chi connectivity index (χ3n) is 3.62. The second-order valence-electron chi connectivity index (χ2n) is 5.06. The third-order valence-corrected chi connectivity index (χ3v) is 3.97. The van der Waals surface area contributed by atoms with E-state index in [0.717, 1.165) is 31.8 Å². The molecule has 1 saturated heterocycles. The Morgan fingerprint density at radius 3 is 3.05 bits per heavy atom. The molecule has 2 aromatic rings. The molecule has 0 spiro atoms. The van der Waals surface area contributed by atoms with E-state index in [4.69, 9.17) is 11.6 Å². The minimum absolute atomic E-state index is 0.310. The molecule has 0 aliphatic carbocycles. The summed E-state index contributed by atoms with van der Waals surface area (Å²) in [5, 5.41) is 10.9. The van der Waals surface area contributed by atoms with Crippen molar-refractivity contribution in [2.24, 2.45) is 0 Å². The molecule has 0 bridgehead atoms. The predicted octanol–water partition coefficient (Wildman–Crippen LogP) is 2.65. The van der Waals surface area contributed by atoms with Crippen LogP contribution in [0.4, 0.5) is 4.39 Å². The van der Waals surface area contributed by atoms with E-state index >= 15 is 0 Å². The predicted molar refractivity (Wildman–Crippen MR) is 75.4 cm³/mol. The molecule has 1 aromatic carbocycles. The molecular weight excluding hydrogens is 279 g/mol. The summed E-state index contributed by atoms with van der Waals surface area (Å²) in [4.78, 5) is 4.48. The number of halogens is 2. The number of nitrogens with zero attached hydrogens (tertiary/aromatic N) is 2. The smallest absolute Gasteiger partial charge is 0.155 e. The summed E-state index contributed by atoms with van der Waals surface area (Å²) in [6.45, 7) is 1.95. The zero-order valence-electron chi connectivity index (χ0n) is 11.0. The maximum Gasteiger partial charge on any atom is 0.155 e. The van der Waals surface area contributed by atoms with Crippen LogP contribution in [0.1, 0.15) is 36.0 Å². The number of aromatic nitrogens is 3. The van der Waals surface area contributed by atoms with Crippen molar-refractivity contribution in [2.45, 2.75) is 25.2 Å². The van der Waals surface area contributed by atoms with E-state index in [2.05, 4.69) is 20.5 Å². The largest absolute Gasteiger partial charge is 0.316 e. The molecule has 1 fully saturated rings. The molecule has 3 rings (SSSR count). The number of nitrogens with one attached hydrogen (secondary N) is 2. The van der Waals surface area contributed by atoms with E-state index in [9.17, 15) is 4.39 Å². The van der Waals surface area contributed by atoms with Crippen LogP contribution < -0.4 is 5.32 Å². The van der Waals surface area contributed by atoms with Crippen molar-refractivity contribution in [1.82, 2.24) is 20.5 Å². The Hall–Kier alpha value is -1.46. The second kappa shape index (κ2) is 5.89. The van der Waals surface area contributed by atoms with Gasteiger partial charge >= 0.3 is 0 Å². The first kappa shape index (κ1) is 13.5. The van der Waals surface area contributed by atoms with Crippen LogP contribution in [0.15, 0.2) is 18.2 Å². The summed E-state index contributed by atoms with van der Waals surface area (Å²) in [6.07, 6.45) is 2.55. The quantitative estimate of drug-likeness (QED) is 0.915. The summed E-state index contributed by atoms with van der Waals surface area (Å²) in [5.41, 5.74) is 0.457. The van der Waals surface area contributed by atoms with Gasteiger partial charge in [-0.1, -0.05) is 17.7 Å². The number of hydrogen-bond acceptors (Lipinski definition) is 3. The lowest BCUT2D eigenvalue weighted by atomic mass is 9.99. The lowest BCUT2D eigenvalue weighted by molar-refractivity contribution is 0.447. The first-order valence-corrected chi connectivity index (χ1v) is 7.16. The van der Waals surface area contributed by atoms with Crippen molar-refractivity contribution in [3.05, 3.63) is 46.3 Å². The third kappa shape index (κ3) is 2.83. The molecule has 6 heteroatoms. The second-order valence-corrected chi connectivity index (χ2v) is 5.47. The van der Waals surface area contributed by atoms with Crippen molar-refractivity contribution in [3.8, 4) is 0 Å². The Kier molecular flexibility index (Phi) is 3.98. The highest BCUT2D eigenvalue weighted by atomic mass is 35.5. The average molecular weight is 295 g/mol. The van der Waals surface area contributed by atoms with Gasteiger partial charge in [0.25, 0.3) is 0 Å². The Morgan fingerprint density at radius 1 is 1.40 bits per heavy atom. The van der Waals surface area contributed by atoms with E-state index in [-0.39, 0.29) is 5.82 Å². The van der Waals surface area contributed by atoms with E-state index in [0.29, 0.717) is 28.7 Å². The Bertz CT molecular complexity index is 572. The fourth-order valence-corrected chi connectivity index (χ4v) is 2.74. The molecule has 1 aliphatic rings. The van der Waals surface area contributed by atoms with Crippen molar-refractivity contribution in [2.75, 3.05) is 13.1 Å². The van der Waals surface area contributed by atoms with E-state index in [1.54, 1.807) is 12.1 Å². The molecule has 2 N–H and O–H groups in total. The molecule has 0 saturated carbocycles. The lowest BCUT2D eigenvalue weighted by Crippen LogP contribution is -2.28. The van der Waals surface area contributed by atoms with Crippen molar-refractivity contribution >= 4 is 11.6 Å². The van der Waals surface area contributed by atoms with Gasteiger partial charge < -0.3 is 5.32 Å². The number of aromatic amines is 1. The van der Waals surface area contributed by atoms with Gasteiger partial charge in [-0.25, -0.2) is 9.37 Å². The van der Waals surface area contributed by atoms with E-state index < -0.39 is 0 Å². The fraction of sp³-hybridized carbons (Fsp3) is 0.429. The molecule has 1 atom stereocenters. The number of rotatable bonds is 3. The SMILES string of the molecule is Fc1cccc(Cl)c1Cc1nc(C2CCCNC2)n[nH]1. The summed E-state index contributed by atoms with van der Waals surface area (Å²) in [7, 11) is 0. The molecule has 0 amide bonds. The van der Waals surface area contributed by atoms with Crippen LogP contribution in [0.5, 0.6) is 0 Å². The lowest BCUT2D eigenvalue weighted by Gasteiger charge is -2.19. The zero-order valence-corrected chi connectivity index (χ0v) is 11.8. The van der Waals surface area contributed by atoms with Crippen molar-refractivity contribution in [1.29, 1.82) is 0 Å². The number of hydrogen-bond donors (Lipinski definition) is 2. The first-order valence-electron chi connectivity index (χ1n) is 6.79. The van der Waals surface area contributed by atoms with Crippen LogP contribution in [0.2, 0.25) is 5.02 Å². The van der Waals surface area contributed by atoms with Crippen molar-refractivity contribution < 1.29 is 4.39 Å². The zero-order chi connectivity index (χ0) is 13.9. The maximum atomic E-state index is 13.7. The Morgan fingerprint density at radius 2 is 2.30 bits per heavy atom. The highest BCUT2D eigenvalue weighted by Gasteiger charge is 2.20. The number of benzene rings is 1. The minimum atomic E-state index is -0.310. The summed E-state index contributed by atoms with van der Waals surface area (Å²) in [5.74, 6) is 1.48. The first-order chi connectivity index (χ1) is 9.74. The van der Waals surface area contributed by atoms with Gasteiger partial charge in [0.2, 0.25) is 0 Å². The van der Waals surface area contributed by atoms with E-state index in [1.165, 1.54) is 6.07 Å². The normalized spacial score (nSPS) is 19.2. The summed E-state index contributed by atoms with van der Waals surface area (Å²) in [6, 6.07) is 4.69. The monoisotopic (exact) mass is 294 g/mol. The van der Waals surface area contributed by atoms with Crippen LogP contribution in [0.3, 0.4) is 0 Å². The molecule has 0 radical (unpaired) electrons. The topological polar surface area (TPSA) is 53.6 Å². The summed E-state index contributed by atoms with van der Waals surface area (Å²) >= 11 is 6.02. The van der Waals surface area contributed by atoms with Crippen LogP contribution >= 0.6 is 11.6 Å². The number of piperidine rings is 1. The molecule has 1 unspecified atom stereocenters. The molecule has 20 heavy (non-hydrogen) atoms. The van der Waals surface area contributed by atoms with Gasteiger partial charge in [0.15, 0.2) is 5.82 Å². The van der Waals surface area contributed by atoms with Crippen LogP contribution in [0, 0.1) is 5.82 Å². The highest BCUT2D eigenvalue weighted by molar-refractivity contribution is 6.31. The molecule has 2 heterocycles. The van der Waals surface area contributed by atoms with Crippen LogP contribution in [-0.4, -0.2) is 28.3 Å². The molecule has 1 aromatic heterocycles. The maximum absolute atomic E-state index is 13.7. The Balaban J connectivity index is 1.77. The molecule has 4 nitrogen and oxygen atoms in total. The minimum Gasteiger partial charge on any atom is -0.316 e. The van der Waals surface area contributed by atoms with Crippen LogP contribution in [-0.2, 0) is 6.42 Å². The highest BCUT2D eigenvalue weighted by Crippen LogP contribution is 2.23. The molecular formula is C14H16ClFN4. The molecule has 106 valence electrons. The van der Waals surface area contributed by atoms with Crippen LogP contribution in [0.25, 0.3) is 0 Å². The standard InChI is InChI=1S/C14H16ClFN4/c15-11-4-1-5-12(16)10(11)7-13-18-14(20-19-13)9-3-2-6-17-8-9/h1,4-5,9,17H,2-3,6-8H2,(H,18,19,20). The van der Waals surface area contributed by atoms with Gasteiger partial charge in [-0.15, -0.1) is 0 Å².